The van der Waals surface area contributed by atoms with Crippen molar-refractivity contribution in [1.82, 2.24) is 15.1 Å². The summed E-state index contributed by atoms with van der Waals surface area (Å²) >= 11 is 0. The first-order valence-corrected chi connectivity index (χ1v) is 6.10. The number of aromatic amines is 1. The van der Waals surface area contributed by atoms with E-state index >= 15 is 0 Å². The second kappa shape index (κ2) is 3.84. The summed E-state index contributed by atoms with van der Waals surface area (Å²) in [5.74, 6) is 0.747. The number of likely N-dealkylation sites (tertiary alicyclic amines) is 1. The van der Waals surface area contributed by atoms with Gasteiger partial charge in [-0.15, -0.1) is 0 Å². The summed E-state index contributed by atoms with van der Waals surface area (Å²) < 4.78 is 0. The monoisotopic (exact) mass is 235 g/mol. The van der Waals surface area contributed by atoms with E-state index in [1.54, 1.807) is 6.20 Å². The first-order chi connectivity index (χ1) is 8.23. The molecule has 3 rings (SSSR count). The molecule has 2 heterocycles. The van der Waals surface area contributed by atoms with Crippen LogP contribution in [0.1, 0.15) is 18.4 Å². The Kier molecular flexibility index (Phi) is 2.43. The molecule has 1 aromatic rings. The third-order valence-corrected chi connectivity index (χ3v) is 4.16. The molecule has 0 bridgehead atoms. The zero-order valence-electron chi connectivity index (χ0n) is 9.72. The average Bonchev–Trinajstić information content (AvgIpc) is 2.75. The number of fused-ring (bicyclic) bond motifs is 1. The van der Waals surface area contributed by atoms with Gasteiger partial charge in [0.2, 0.25) is 5.91 Å². The summed E-state index contributed by atoms with van der Waals surface area (Å²) in [5, 5.41) is 15.9. The molecule has 1 aliphatic carbocycles. The van der Waals surface area contributed by atoms with Crippen LogP contribution in [0, 0.1) is 11.3 Å². The predicted molar refractivity (Wildman–Crippen MR) is 61.1 cm³/mol. The van der Waals surface area contributed by atoms with E-state index in [2.05, 4.69) is 10.2 Å². The van der Waals surface area contributed by atoms with Gasteiger partial charge < -0.3 is 10.0 Å². The van der Waals surface area contributed by atoms with Gasteiger partial charge in [-0.2, -0.15) is 5.10 Å². The minimum absolute atomic E-state index is 0.0608. The lowest BCUT2D eigenvalue weighted by molar-refractivity contribution is -0.131. The number of nitrogens with one attached hydrogen (secondary N) is 1. The van der Waals surface area contributed by atoms with E-state index in [-0.39, 0.29) is 17.9 Å². The summed E-state index contributed by atoms with van der Waals surface area (Å²) in [6.45, 7) is 1.81. The molecule has 1 aromatic heterocycles. The molecule has 0 radical (unpaired) electrons. The van der Waals surface area contributed by atoms with Crippen molar-refractivity contribution in [3.63, 3.8) is 0 Å². The van der Waals surface area contributed by atoms with Gasteiger partial charge in [0.15, 0.2) is 0 Å². The fourth-order valence-electron chi connectivity index (χ4n) is 2.85. The van der Waals surface area contributed by atoms with Gasteiger partial charge in [0, 0.05) is 31.1 Å². The normalized spacial score (nSPS) is 30.4. The molecule has 5 heteroatoms. The number of carbonyl (C=O) groups excluding carboxylic acids is 1. The number of aliphatic hydroxyl groups is 1. The van der Waals surface area contributed by atoms with Gasteiger partial charge in [-0.05, 0) is 24.3 Å². The second-order valence-corrected chi connectivity index (χ2v) is 5.30. The SMILES string of the molecule is O=C(CCc1cn[nH]c1)N1C[C@H]2C[C@@]2(CO)C1. The molecule has 1 saturated heterocycles. The first kappa shape index (κ1) is 10.8. The van der Waals surface area contributed by atoms with Crippen LogP contribution in [0.5, 0.6) is 0 Å². The Balaban J connectivity index is 1.51. The Bertz CT molecular complexity index is 413. The molecular formula is C12H17N3O2. The number of hydrogen-bond donors (Lipinski definition) is 2. The van der Waals surface area contributed by atoms with Crippen LogP contribution in [0.2, 0.25) is 0 Å². The highest BCUT2D eigenvalue weighted by Crippen LogP contribution is 2.57. The molecule has 0 aromatic carbocycles. The fourth-order valence-corrected chi connectivity index (χ4v) is 2.85. The van der Waals surface area contributed by atoms with Crippen molar-refractivity contribution in [2.24, 2.45) is 11.3 Å². The lowest BCUT2D eigenvalue weighted by Crippen LogP contribution is -2.32. The van der Waals surface area contributed by atoms with E-state index in [9.17, 15) is 9.90 Å². The number of aromatic nitrogens is 2. The van der Waals surface area contributed by atoms with Gasteiger partial charge in [0.25, 0.3) is 0 Å². The van der Waals surface area contributed by atoms with Gasteiger partial charge in [0.1, 0.15) is 0 Å². The van der Waals surface area contributed by atoms with Crippen LogP contribution in [0.3, 0.4) is 0 Å². The van der Waals surface area contributed by atoms with Gasteiger partial charge in [0.05, 0.1) is 12.8 Å². The van der Waals surface area contributed by atoms with Gasteiger partial charge in [-0.1, -0.05) is 0 Å². The highest BCUT2D eigenvalue weighted by molar-refractivity contribution is 5.77. The smallest absolute Gasteiger partial charge is 0.222 e. The Morgan fingerprint density at radius 1 is 1.71 bits per heavy atom. The van der Waals surface area contributed by atoms with Gasteiger partial charge >= 0.3 is 0 Å². The minimum Gasteiger partial charge on any atom is -0.396 e. The predicted octanol–water partition coefficient (Wildman–Crippen LogP) is 0.183. The van der Waals surface area contributed by atoms with Crippen molar-refractivity contribution < 1.29 is 9.90 Å². The first-order valence-electron chi connectivity index (χ1n) is 6.10. The zero-order valence-corrected chi connectivity index (χ0v) is 9.72. The largest absolute Gasteiger partial charge is 0.396 e. The quantitative estimate of drug-likeness (QED) is 0.782. The van der Waals surface area contributed by atoms with Crippen molar-refractivity contribution in [2.75, 3.05) is 19.7 Å². The van der Waals surface area contributed by atoms with Crippen molar-refractivity contribution in [3.05, 3.63) is 18.0 Å². The molecule has 2 fully saturated rings. The summed E-state index contributed by atoms with van der Waals surface area (Å²) in [4.78, 5) is 13.9. The lowest BCUT2D eigenvalue weighted by Gasteiger charge is -2.20. The Hall–Kier alpha value is -1.36. The maximum atomic E-state index is 12.0. The number of hydrogen-bond acceptors (Lipinski definition) is 3. The third-order valence-electron chi connectivity index (χ3n) is 4.16. The van der Waals surface area contributed by atoms with Crippen LogP contribution in [0.15, 0.2) is 12.4 Å². The van der Waals surface area contributed by atoms with Crippen molar-refractivity contribution in [3.8, 4) is 0 Å². The minimum atomic E-state index is 0.0608. The van der Waals surface area contributed by atoms with Crippen LogP contribution in [-0.2, 0) is 11.2 Å². The summed E-state index contributed by atoms with van der Waals surface area (Å²) in [6.07, 6.45) is 5.94. The Morgan fingerprint density at radius 2 is 2.59 bits per heavy atom. The Labute approximate surface area is 99.8 Å². The molecule has 1 amide bonds. The topological polar surface area (TPSA) is 69.2 Å². The van der Waals surface area contributed by atoms with Crippen LogP contribution in [0.25, 0.3) is 0 Å². The number of piperidine rings is 1. The van der Waals surface area contributed by atoms with E-state index in [0.717, 1.165) is 31.5 Å². The molecule has 2 atom stereocenters. The summed E-state index contributed by atoms with van der Waals surface area (Å²) in [7, 11) is 0. The Morgan fingerprint density at radius 3 is 3.24 bits per heavy atom. The maximum absolute atomic E-state index is 12.0. The standard InChI is InChI=1S/C12H17N3O2/c16-8-12-3-10(12)6-15(7-12)11(17)2-1-9-4-13-14-5-9/h4-5,10,16H,1-3,6-8H2,(H,13,14)/t10-,12+/m1/s1. The lowest BCUT2D eigenvalue weighted by atomic mass is 10.1. The molecule has 5 nitrogen and oxygen atoms in total. The van der Waals surface area contributed by atoms with Crippen molar-refractivity contribution in [1.29, 1.82) is 0 Å². The van der Waals surface area contributed by atoms with E-state index in [1.807, 2.05) is 11.1 Å². The second-order valence-electron chi connectivity index (χ2n) is 5.30. The zero-order chi connectivity index (χ0) is 11.9. The van der Waals surface area contributed by atoms with E-state index in [0.29, 0.717) is 12.3 Å². The summed E-state index contributed by atoms with van der Waals surface area (Å²) in [6, 6.07) is 0. The van der Waals surface area contributed by atoms with Crippen molar-refractivity contribution in [2.45, 2.75) is 19.3 Å². The molecule has 0 spiro atoms. The van der Waals surface area contributed by atoms with Crippen molar-refractivity contribution >= 4 is 5.91 Å². The third kappa shape index (κ3) is 1.84. The van der Waals surface area contributed by atoms with Gasteiger partial charge in [-0.25, -0.2) is 0 Å². The molecule has 1 saturated carbocycles. The average molecular weight is 235 g/mol. The van der Waals surface area contributed by atoms with Crippen LogP contribution in [-0.4, -0.2) is 45.8 Å². The molecule has 17 heavy (non-hydrogen) atoms. The van der Waals surface area contributed by atoms with E-state index in [1.165, 1.54) is 0 Å². The molecule has 0 unspecified atom stereocenters. The van der Waals surface area contributed by atoms with Gasteiger partial charge in [-0.3, -0.25) is 9.89 Å². The van der Waals surface area contributed by atoms with E-state index in [4.69, 9.17) is 0 Å². The molecule has 1 aliphatic heterocycles. The number of aliphatic hydroxyl groups excluding tert-OH is 1. The van der Waals surface area contributed by atoms with Crippen LogP contribution in [0.4, 0.5) is 0 Å². The number of amides is 1. The number of nitrogens with zero attached hydrogens (tertiary/aromatic N) is 2. The number of carbonyl (C=O) groups is 1. The number of rotatable bonds is 4. The highest BCUT2D eigenvalue weighted by Gasteiger charge is 2.60. The van der Waals surface area contributed by atoms with Crippen LogP contribution < -0.4 is 0 Å². The molecule has 2 N–H and O–H groups in total. The highest BCUT2D eigenvalue weighted by atomic mass is 16.3. The maximum Gasteiger partial charge on any atom is 0.222 e. The van der Waals surface area contributed by atoms with Crippen LogP contribution >= 0.6 is 0 Å². The summed E-state index contributed by atoms with van der Waals surface area (Å²) in [5.41, 5.74) is 1.13. The number of H-pyrrole nitrogens is 1. The number of aryl methyl sites for hydroxylation is 1. The fraction of sp³-hybridized carbons (Fsp3) is 0.667. The molecule has 92 valence electrons. The molecular weight excluding hydrogens is 218 g/mol. The van der Waals surface area contributed by atoms with E-state index < -0.39 is 0 Å². The molecule has 2 aliphatic rings.